The SMILES string of the molecule is CN(CCO)CC(=O)C1CCCCC1. The number of hydrogen-bond donors (Lipinski definition) is 1. The summed E-state index contributed by atoms with van der Waals surface area (Å²) < 4.78 is 0. The number of likely N-dealkylation sites (N-methyl/N-ethyl adjacent to an activating group) is 1. The van der Waals surface area contributed by atoms with E-state index in [0.717, 1.165) is 12.8 Å². The summed E-state index contributed by atoms with van der Waals surface area (Å²) in [5.41, 5.74) is 0. The second kappa shape index (κ2) is 6.14. The fourth-order valence-corrected chi connectivity index (χ4v) is 2.07. The van der Waals surface area contributed by atoms with Crippen LogP contribution in [0.5, 0.6) is 0 Å². The number of nitrogens with zero attached hydrogens (tertiary/aromatic N) is 1. The van der Waals surface area contributed by atoms with Gasteiger partial charge in [0.2, 0.25) is 0 Å². The lowest BCUT2D eigenvalue weighted by molar-refractivity contribution is -0.124. The van der Waals surface area contributed by atoms with E-state index in [1.165, 1.54) is 19.3 Å². The number of ketones is 1. The highest BCUT2D eigenvalue weighted by Gasteiger charge is 2.21. The van der Waals surface area contributed by atoms with Gasteiger partial charge in [0, 0.05) is 12.5 Å². The number of hydrogen-bond acceptors (Lipinski definition) is 3. The summed E-state index contributed by atoms with van der Waals surface area (Å²) in [6, 6.07) is 0. The maximum atomic E-state index is 11.8. The molecule has 3 heteroatoms. The molecule has 0 radical (unpaired) electrons. The topological polar surface area (TPSA) is 40.5 Å². The van der Waals surface area contributed by atoms with Gasteiger partial charge in [0.1, 0.15) is 5.78 Å². The van der Waals surface area contributed by atoms with E-state index in [9.17, 15) is 4.79 Å². The molecule has 0 atom stereocenters. The number of Topliss-reactive ketones (excluding diaryl/α,β-unsaturated/α-hetero) is 1. The summed E-state index contributed by atoms with van der Waals surface area (Å²) in [5.74, 6) is 0.658. The first-order valence-corrected chi connectivity index (χ1v) is 5.56. The van der Waals surface area contributed by atoms with Crippen LogP contribution < -0.4 is 0 Å². The molecule has 0 bridgehead atoms. The van der Waals surface area contributed by atoms with Gasteiger partial charge in [-0.25, -0.2) is 0 Å². The van der Waals surface area contributed by atoms with E-state index in [1.807, 2.05) is 11.9 Å². The van der Waals surface area contributed by atoms with E-state index >= 15 is 0 Å². The van der Waals surface area contributed by atoms with Crippen LogP contribution in [0.4, 0.5) is 0 Å². The Morgan fingerprint density at radius 2 is 2.00 bits per heavy atom. The summed E-state index contributed by atoms with van der Waals surface area (Å²) in [7, 11) is 1.89. The van der Waals surface area contributed by atoms with Gasteiger partial charge in [-0.3, -0.25) is 9.69 Å². The molecule has 0 unspecified atom stereocenters. The quantitative estimate of drug-likeness (QED) is 0.719. The standard InChI is InChI=1S/C11H21NO2/c1-12(7-8-13)9-11(14)10-5-3-2-4-6-10/h10,13H,2-9H2,1H3. The number of carbonyl (C=O) groups is 1. The van der Waals surface area contributed by atoms with Gasteiger partial charge < -0.3 is 5.11 Å². The molecular formula is C11H21NO2. The molecule has 0 aromatic carbocycles. The minimum Gasteiger partial charge on any atom is -0.395 e. The molecule has 82 valence electrons. The van der Waals surface area contributed by atoms with Crippen LogP contribution in [0.1, 0.15) is 32.1 Å². The minimum atomic E-state index is 0.133. The lowest BCUT2D eigenvalue weighted by atomic mass is 9.86. The highest BCUT2D eigenvalue weighted by molar-refractivity contribution is 5.82. The van der Waals surface area contributed by atoms with E-state index < -0.39 is 0 Å². The predicted molar refractivity (Wildman–Crippen MR) is 56.2 cm³/mol. The zero-order valence-corrected chi connectivity index (χ0v) is 9.04. The third-order valence-electron chi connectivity index (χ3n) is 2.97. The molecule has 1 saturated carbocycles. The molecular weight excluding hydrogens is 178 g/mol. The van der Waals surface area contributed by atoms with Crippen LogP contribution in [0.3, 0.4) is 0 Å². The van der Waals surface area contributed by atoms with Crippen molar-refractivity contribution in [2.45, 2.75) is 32.1 Å². The van der Waals surface area contributed by atoms with Gasteiger partial charge in [-0.05, 0) is 19.9 Å². The Balaban J connectivity index is 2.25. The monoisotopic (exact) mass is 199 g/mol. The molecule has 0 heterocycles. The highest BCUT2D eigenvalue weighted by atomic mass is 16.3. The predicted octanol–water partition coefficient (Wildman–Crippen LogP) is 1.06. The van der Waals surface area contributed by atoms with E-state index in [2.05, 4.69) is 0 Å². The van der Waals surface area contributed by atoms with Crippen LogP contribution in [0.2, 0.25) is 0 Å². The zero-order chi connectivity index (χ0) is 10.4. The summed E-state index contributed by atoms with van der Waals surface area (Å²) in [4.78, 5) is 13.7. The van der Waals surface area contributed by atoms with Gasteiger partial charge in [-0.2, -0.15) is 0 Å². The molecule has 3 nitrogen and oxygen atoms in total. The third-order valence-corrected chi connectivity index (χ3v) is 2.97. The molecule has 1 aliphatic carbocycles. The van der Waals surface area contributed by atoms with Crippen molar-refractivity contribution in [2.75, 3.05) is 26.7 Å². The van der Waals surface area contributed by atoms with Gasteiger partial charge in [0.15, 0.2) is 0 Å². The molecule has 0 aliphatic heterocycles. The zero-order valence-electron chi connectivity index (χ0n) is 9.04. The molecule has 0 aromatic heterocycles. The first-order valence-electron chi connectivity index (χ1n) is 5.56. The van der Waals surface area contributed by atoms with Crippen LogP contribution in [0, 0.1) is 5.92 Å². The fourth-order valence-electron chi connectivity index (χ4n) is 2.07. The van der Waals surface area contributed by atoms with Crippen molar-refractivity contribution in [1.82, 2.24) is 4.90 Å². The van der Waals surface area contributed by atoms with Crippen molar-refractivity contribution in [1.29, 1.82) is 0 Å². The van der Waals surface area contributed by atoms with E-state index in [1.54, 1.807) is 0 Å². The Kier molecular flexibility index (Phi) is 5.12. The average Bonchev–Trinajstić information content (AvgIpc) is 2.19. The van der Waals surface area contributed by atoms with Gasteiger partial charge in [-0.1, -0.05) is 19.3 Å². The molecule has 1 N–H and O–H groups in total. The van der Waals surface area contributed by atoms with Crippen molar-refractivity contribution in [2.24, 2.45) is 5.92 Å². The van der Waals surface area contributed by atoms with Crippen LogP contribution in [0.15, 0.2) is 0 Å². The Bertz CT molecular complexity index is 176. The van der Waals surface area contributed by atoms with E-state index in [-0.39, 0.29) is 6.61 Å². The molecule has 1 aliphatic rings. The van der Waals surface area contributed by atoms with Crippen LogP contribution in [-0.4, -0.2) is 42.5 Å². The maximum Gasteiger partial charge on any atom is 0.149 e. The van der Waals surface area contributed by atoms with Gasteiger partial charge in [-0.15, -0.1) is 0 Å². The van der Waals surface area contributed by atoms with Crippen LogP contribution >= 0.6 is 0 Å². The molecule has 0 spiro atoms. The van der Waals surface area contributed by atoms with E-state index in [4.69, 9.17) is 5.11 Å². The second-order valence-corrected chi connectivity index (χ2v) is 4.26. The lowest BCUT2D eigenvalue weighted by Crippen LogP contribution is -2.33. The van der Waals surface area contributed by atoms with Gasteiger partial charge >= 0.3 is 0 Å². The van der Waals surface area contributed by atoms with Crippen molar-refractivity contribution in [3.8, 4) is 0 Å². The number of aliphatic hydroxyl groups is 1. The number of rotatable bonds is 5. The lowest BCUT2D eigenvalue weighted by Gasteiger charge is -2.23. The highest BCUT2D eigenvalue weighted by Crippen LogP contribution is 2.24. The molecule has 14 heavy (non-hydrogen) atoms. The molecule has 0 amide bonds. The first-order chi connectivity index (χ1) is 6.74. The smallest absolute Gasteiger partial charge is 0.149 e. The average molecular weight is 199 g/mol. The first kappa shape index (κ1) is 11.7. The molecule has 0 aromatic rings. The third kappa shape index (κ3) is 3.76. The summed E-state index contributed by atoms with van der Waals surface area (Å²) >= 11 is 0. The van der Waals surface area contributed by atoms with Gasteiger partial charge in [0.25, 0.3) is 0 Å². The Hall–Kier alpha value is -0.410. The van der Waals surface area contributed by atoms with Crippen molar-refractivity contribution < 1.29 is 9.90 Å². The maximum absolute atomic E-state index is 11.8. The fraction of sp³-hybridized carbons (Fsp3) is 0.909. The van der Waals surface area contributed by atoms with Crippen LogP contribution in [-0.2, 0) is 4.79 Å². The van der Waals surface area contributed by atoms with Crippen LogP contribution in [0.25, 0.3) is 0 Å². The second-order valence-electron chi connectivity index (χ2n) is 4.26. The molecule has 1 fully saturated rings. The number of carbonyl (C=O) groups excluding carboxylic acids is 1. The van der Waals surface area contributed by atoms with Gasteiger partial charge in [0.05, 0.1) is 13.2 Å². The van der Waals surface area contributed by atoms with E-state index in [0.29, 0.717) is 24.8 Å². The summed E-state index contributed by atoms with van der Waals surface area (Å²) in [6.07, 6.45) is 5.86. The molecule has 0 saturated heterocycles. The summed E-state index contributed by atoms with van der Waals surface area (Å²) in [6.45, 7) is 1.23. The molecule has 1 rings (SSSR count). The minimum absolute atomic E-state index is 0.133. The number of aliphatic hydroxyl groups excluding tert-OH is 1. The van der Waals surface area contributed by atoms with Crippen molar-refractivity contribution in [3.63, 3.8) is 0 Å². The Morgan fingerprint density at radius 1 is 1.36 bits per heavy atom. The Labute approximate surface area is 86.1 Å². The van der Waals surface area contributed by atoms with Crippen molar-refractivity contribution >= 4 is 5.78 Å². The van der Waals surface area contributed by atoms with Crippen molar-refractivity contribution in [3.05, 3.63) is 0 Å². The summed E-state index contributed by atoms with van der Waals surface area (Å²) in [5, 5.41) is 8.71. The normalized spacial score (nSPS) is 18.8. The largest absolute Gasteiger partial charge is 0.395 e. The Morgan fingerprint density at radius 3 is 2.57 bits per heavy atom.